The lowest BCUT2D eigenvalue weighted by Crippen LogP contribution is -2.43. The first-order chi connectivity index (χ1) is 8.91. The fraction of sp³-hybridized carbons (Fsp3) is 0.545. The van der Waals surface area contributed by atoms with Crippen LogP contribution in [0.3, 0.4) is 0 Å². The molecule has 0 aliphatic carbocycles. The molecule has 1 aliphatic rings. The molecule has 19 heavy (non-hydrogen) atoms. The SMILES string of the molecule is O=C(C[C@]1(c2ccc(Br)s2)CCCCS1(=O)=O)NO. The molecule has 1 saturated heterocycles. The minimum absolute atomic E-state index is 0.0846. The molecule has 1 atom stereocenters. The van der Waals surface area contributed by atoms with Crippen molar-refractivity contribution in [3.63, 3.8) is 0 Å². The van der Waals surface area contributed by atoms with Crippen LogP contribution in [0.5, 0.6) is 0 Å². The second-order valence-corrected chi connectivity index (χ2v) is 9.47. The molecule has 2 N–H and O–H groups in total. The molecule has 106 valence electrons. The molecule has 0 unspecified atom stereocenters. The van der Waals surface area contributed by atoms with Crippen molar-refractivity contribution < 1.29 is 18.4 Å². The summed E-state index contributed by atoms with van der Waals surface area (Å²) in [5, 5.41) is 8.70. The van der Waals surface area contributed by atoms with E-state index in [4.69, 9.17) is 5.21 Å². The van der Waals surface area contributed by atoms with Crippen molar-refractivity contribution >= 4 is 43.0 Å². The summed E-state index contributed by atoms with van der Waals surface area (Å²) < 4.78 is 24.6. The van der Waals surface area contributed by atoms with Gasteiger partial charge in [-0.05, 0) is 40.9 Å². The van der Waals surface area contributed by atoms with Gasteiger partial charge in [-0.3, -0.25) is 10.0 Å². The van der Waals surface area contributed by atoms with Crippen molar-refractivity contribution in [3.05, 3.63) is 20.8 Å². The molecule has 1 fully saturated rings. The topological polar surface area (TPSA) is 83.5 Å². The Balaban J connectivity index is 2.52. The van der Waals surface area contributed by atoms with Crippen molar-refractivity contribution in [2.45, 2.75) is 30.4 Å². The van der Waals surface area contributed by atoms with E-state index in [0.29, 0.717) is 17.7 Å². The highest BCUT2D eigenvalue weighted by atomic mass is 79.9. The molecule has 5 nitrogen and oxygen atoms in total. The monoisotopic (exact) mass is 367 g/mol. The van der Waals surface area contributed by atoms with Crippen molar-refractivity contribution in [1.82, 2.24) is 5.48 Å². The smallest absolute Gasteiger partial charge is 0.245 e. The number of halogens is 1. The highest BCUT2D eigenvalue weighted by Crippen LogP contribution is 2.46. The minimum Gasteiger partial charge on any atom is -0.289 e. The number of hydrogen-bond acceptors (Lipinski definition) is 5. The maximum absolute atomic E-state index is 12.5. The number of amides is 1. The Bertz CT molecular complexity index is 583. The third-order valence-corrected chi connectivity index (χ3v) is 7.97. The van der Waals surface area contributed by atoms with E-state index in [1.807, 2.05) is 0 Å². The third kappa shape index (κ3) is 2.72. The van der Waals surface area contributed by atoms with Crippen LogP contribution in [0, 0.1) is 0 Å². The molecule has 0 bridgehead atoms. The number of thiophene rings is 1. The number of rotatable bonds is 3. The van der Waals surface area contributed by atoms with Gasteiger partial charge < -0.3 is 0 Å². The number of hydrogen-bond donors (Lipinski definition) is 2. The minimum atomic E-state index is -3.41. The van der Waals surface area contributed by atoms with Gasteiger partial charge in [0.15, 0.2) is 9.84 Å². The molecule has 0 radical (unpaired) electrons. The molecule has 1 amide bonds. The zero-order chi connectivity index (χ0) is 14.1. The van der Waals surface area contributed by atoms with Crippen LogP contribution in [0.1, 0.15) is 30.6 Å². The number of carbonyl (C=O) groups excluding carboxylic acids is 1. The summed E-state index contributed by atoms with van der Waals surface area (Å²) in [5.74, 6) is -0.587. The van der Waals surface area contributed by atoms with Gasteiger partial charge in [0.05, 0.1) is 16.0 Å². The van der Waals surface area contributed by atoms with E-state index in [9.17, 15) is 13.2 Å². The predicted octanol–water partition coefficient (Wildman–Crippen LogP) is 2.20. The van der Waals surface area contributed by atoms with Crippen molar-refractivity contribution in [2.75, 3.05) is 5.75 Å². The van der Waals surface area contributed by atoms with E-state index >= 15 is 0 Å². The first-order valence-corrected chi connectivity index (χ1v) is 9.08. The highest BCUT2D eigenvalue weighted by molar-refractivity contribution is 9.11. The zero-order valence-corrected chi connectivity index (χ0v) is 13.3. The summed E-state index contributed by atoms with van der Waals surface area (Å²) in [7, 11) is -3.41. The molecule has 1 aromatic rings. The molecule has 0 spiro atoms. The van der Waals surface area contributed by atoms with Crippen LogP contribution in [0.15, 0.2) is 15.9 Å². The summed E-state index contributed by atoms with van der Waals surface area (Å²) in [6, 6.07) is 3.52. The standard InChI is InChI=1S/C11H14BrNO4S2/c12-9-4-3-8(18-9)11(7-10(14)13-15)5-1-2-6-19(11,16)17/h3-4,15H,1-2,5-7H2,(H,13,14)/t11-/m0/s1. The molecule has 0 aromatic carbocycles. The molecule has 1 aromatic heterocycles. The van der Waals surface area contributed by atoms with Gasteiger partial charge in [-0.15, -0.1) is 11.3 Å². The lowest BCUT2D eigenvalue weighted by molar-refractivity contribution is -0.130. The Morgan fingerprint density at radius 1 is 1.47 bits per heavy atom. The van der Waals surface area contributed by atoms with Crippen LogP contribution in [-0.2, 0) is 19.4 Å². The molecule has 8 heteroatoms. The molecule has 2 heterocycles. The summed E-state index contributed by atoms with van der Waals surface area (Å²) >= 11 is 4.64. The lowest BCUT2D eigenvalue weighted by atomic mass is 9.94. The van der Waals surface area contributed by atoms with Gasteiger partial charge in [0.1, 0.15) is 4.75 Å². The van der Waals surface area contributed by atoms with Gasteiger partial charge in [0.25, 0.3) is 0 Å². The highest BCUT2D eigenvalue weighted by Gasteiger charge is 2.49. The normalized spacial score (nSPS) is 26.0. The van der Waals surface area contributed by atoms with Gasteiger partial charge in [-0.25, -0.2) is 13.9 Å². The van der Waals surface area contributed by atoms with Gasteiger partial charge >= 0.3 is 0 Å². The first kappa shape index (κ1) is 15.0. The Morgan fingerprint density at radius 3 is 2.74 bits per heavy atom. The third-order valence-electron chi connectivity index (χ3n) is 3.43. The van der Waals surface area contributed by atoms with Gasteiger partial charge in [0, 0.05) is 4.88 Å². The number of nitrogens with one attached hydrogen (secondary N) is 1. The van der Waals surface area contributed by atoms with E-state index in [1.54, 1.807) is 17.6 Å². The number of carbonyl (C=O) groups is 1. The fourth-order valence-corrected chi connectivity index (χ4v) is 6.63. The molecule has 0 saturated carbocycles. The molecule has 1 aliphatic heterocycles. The van der Waals surface area contributed by atoms with E-state index in [-0.39, 0.29) is 12.2 Å². The second-order valence-electron chi connectivity index (χ2n) is 4.59. The van der Waals surface area contributed by atoms with Gasteiger partial charge in [0.2, 0.25) is 5.91 Å². The van der Waals surface area contributed by atoms with E-state index in [0.717, 1.165) is 10.2 Å². The summed E-state index contributed by atoms with van der Waals surface area (Å²) in [6.07, 6.45) is 1.55. The van der Waals surface area contributed by atoms with Crippen molar-refractivity contribution in [1.29, 1.82) is 0 Å². The van der Waals surface area contributed by atoms with Gasteiger partial charge in [-0.2, -0.15) is 0 Å². The van der Waals surface area contributed by atoms with Crippen LogP contribution in [-0.4, -0.2) is 25.3 Å². The second kappa shape index (κ2) is 5.51. The molecule has 2 rings (SSSR count). The summed E-state index contributed by atoms with van der Waals surface area (Å²) in [4.78, 5) is 12.2. The predicted molar refractivity (Wildman–Crippen MR) is 75.9 cm³/mol. The van der Waals surface area contributed by atoms with Gasteiger partial charge in [-0.1, -0.05) is 6.42 Å². The zero-order valence-electron chi connectivity index (χ0n) is 10.1. The molecular weight excluding hydrogens is 354 g/mol. The maximum Gasteiger partial charge on any atom is 0.245 e. The van der Waals surface area contributed by atoms with E-state index in [2.05, 4.69) is 15.9 Å². The fourth-order valence-electron chi connectivity index (χ4n) is 2.47. The Hall–Kier alpha value is -0.440. The number of sulfone groups is 1. The quantitative estimate of drug-likeness (QED) is 0.633. The van der Waals surface area contributed by atoms with Crippen LogP contribution < -0.4 is 5.48 Å². The largest absolute Gasteiger partial charge is 0.289 e. The van der Waals surface area contributed by atoms with Crippen molar-refractivity contribution in [3.8, 4) is 0 Å². The maximum atomic E-state index is 12.5. The summed E-state index contributed by atoms with van der Waals surface area (Å²) in [6.45, 7) is 0. The van der Waals surface area contributed by atoms with E-state index < -0.39 is 20.5 Å². The summed E-state index contributed by atoms with van der Waals surface area (Å²) in [5.41, 5.74) is 1.54. The first-order valence-electron chi connectivity index (χ1n) is 5.82. The Labute approximate surface area is 124 Å². The van der Waals surface area contributed by atoms with Crippen LogP contribution in [0.4, 0.5) is 0 Å². The van der Waals surface area contributed by atoms with Crippen molar-refractivity contribution in [2.24, 2.45) is 0 Å². The van der Waals surface area contributed by atoms with Crippen LogP contribution in [0.2, 0.25) is 0 Å². The lowest BCUT2D eigenvalue weighted by Gasteiger charge is -2.35. The van der Waals surface area contributed by atoms with Crippen LogP contribution >= 0.6 is 27.3 Å². The number of hydroxylamine groups is 1. The average Bonchev–Trinajstić information content (AvgIpc) is 2.78. The Kier molecular flexibility index (Phi) is 4.34. The Morgan fingerprint density at radius 2 is 2.21 bits per heavy atom. The molecular formula is C11H14BrNO4S2. The average molecular weight is 368 g/mol. The van der Waals surface area contributed by atoms with E-state index in [1.165, 1.54) is 11.3 Å². The van der Waals surface area contributed by atoms with Crippen LogP contribution in [0.25, 0.3) is 0 Å².